The van der Waals surface area contributed by atoms with E-state index in [0.29, 0.717) is 17.9 Å². The molecule has 2 rings (SSSR count). The van der Waals surface area contributed by atoms with Gasteiger partial charge >= 0.3 is 0 Å². The maximum atomic E-state index is 11.8. The molecule has 22 heavy (non-hydrogen) atoms. The Kier molecular flexibility index (Phi) is 5.51. The zero-order valence-corrected chi connectivity index (χ0v) is 13.8. The molecule has 0 aliphatic carbocycles. The predicted octanol–water partition coefficient (Wildman–Crippen LogP) is 3.01. The van der Waals surface area contributed by atoms with Gasteiger partial charge in [-0.2, -0.15) is 0 Å². The van der Waals surface area contributed by atoms with Crippen LogP contribution in [-0.4, -0.2) is 29.4 Å². The maximum Gasteiger partial charge on any atom is 0.252 e. The summed E-state index contributed by atoms with van der Waals surface area (Å²) < 4.78 is 13.0. The molecule has 0 saturated carbocycles. The van der Waals surface area contributed by atoms with Crippen molar-refractivity contribution >= 4 is 12.2 Å². The molecule has 0 bridgehead atoms. The molecule has 1 aromatic heterocycles. The van der Waals surface area contributed by atoms with Crippen LogP contribution in [0.3, 0.4) is 0 Å². The molecule has 1 aromatic carbocycles. The first kappa shape index (κ1) is 16.5. The molecule has 0 amide bonds. The van der Waals surface area contributed by atoms with Gasteiger partial charge < -0.3 is 14.0 Å². The van der Waals surface area contributed by atoms with Crippen LogP contribution in [-0.2, 0) is 11.3 Å². The summed E-state index contributed by atoms with van der Waals surface area (Å²) >= 11 is 5.28. The normalized spacial score (nSPS) is 10.9. The van der Waals surface area contributed by atoms with E-state index in [2.05, 4.69) is 4.98 Å². The summed E-state index contributed by atoms with van der Waals surface area (Å²) in [6.45, 7) is 5.07. The van der Waals surface area contributed by atoms with Crippen molar-refractivity contribution in [1.29, 1.82) is 0 Å². The van der Waals surface area contributed by atoms with Crippen LogP contribution in [0.15, 0.2) is 35.1 Å². The monoisotopic (exact) mass is 320 g/mol. The summed E-state index contributed by atoms with van der Waals surface area (Å²) in [5.74, 6) is 0.766. The van der Waals surface area contributed by atoms with E-state index >= 15 is 0 Å². The van der Waals surface area contributed by atoms with Crippen molar-refractivity contribution in [3.8, 4) is 17.0 Å². The summed E-state index contributed by atoms with van der Waals surface area (Å²) in [6.07, 6.45) is 0.154. The molecule has 1 N–H and O–H groups in total. The maximum absolute atomic E-state index is 11.8. The van der Waals surface area contributed by atoms with E-state index in [1.807, 2.05) is 42.7 Å². The third-order valence-electron chi connectivity index (χ3n) is 3.19. The molecule has 0 aliphatic rings. The van der Waals surface area contributed by atoms with Crippen LogP contribution in [0.5, 0.6) is 5.75 Å². The molecule has 6 heteroatoms. The van der Waals surface area contributed by atoms with Gasteiger partial charge in [0, 0.05) is 12.6 Å². The number of nitrogens with one attached hydrogen (secondary N) is 1. The number of hydrogen-bond donors (Lipinski definition) is 1. The van der Waals surface area contributed by atoms with Gasteiger partial charge in [-0.1, -0.05) is 0 Å². The van der Waals surface area contributed by atoms with Gasteiger partial charge in [0.15, 0.2) is 4.77 Å². The van der Waals surface area contributed by atoms with E-state index in [1.165, 1.54) is 0 Å². The van der Waals surface area contributed by atoms with Crippen LogP contribution in [0, 0.1) is 4.77 Å². The second kappa shape index (κ2) is 7.38. The van der Waals surface area contributed by atoms with Gasteiger partial charge in [-0.3, -0.25) is 9.78 Å². The fourth-order valence-electron chi connectivity index (χ4n) is 2.12. The standard InChI is InChI=1S/C16H20N2O3S/c1-11(2)21-9-8-18-14(10-15(19)17-16(18)22)12-4-6-13(20-3)7-5-12/h4-7,10-11H,8-9H2,1-3H3,(H,17,19,22). The van der Waals surface area contributed by atoms with Crippen LogP contribution in [0.25, 0.3) is 11.3 Å². The average molecular weight is 320 g/mol. The molecule has 0 radical (unpaired) electrons. The van der Waals surface area contributed by atoms with E-state index < -0.39 is 0 Å². The molecule has 0 fully saturated rings. The van der Waals surface area contributed by atoms with Crippen molar-refractivity contribution in [2.75, 3.05) is 13.7 Å². The van der Waals surface area contributed by atoms with Crippen molar-refractivity contribution in [3.63, 3.8) is 0 Å². The smallest absolute Gasteiger partial charge is 0.252 e. The van der Waals surface area contributed by atoms with Crippen LogP contribution in [0.2, 0.25) is 0 Å². The number of H-pyrrole nitrogens is 1. The lowest BCUT2D eigenvalue weighted by Gasteiger charge is -2.15. The highest BCUT2D eigenvalue weighted by molar-refractivity contribution is 7.71. The molecule has 2 aromatic rings. The molecule has 5 nitrogen and oxygen atoms in total. The third-order valence-corrected chi connectivity index (χ3v) is 3.51. The first-order valence-electron chi connectivity index (χ1n) is 7.11. The Balaban J connectivity index is 2.39. The molecule has 0 atom stereocenters. The fraction of sp³-hybridized carbons (Fsp3) is 0.375. The largest absolute Gasteiger partial charge is 0.497 e. The lowest BCUT2D eigenvalue weighted by molar-refractivity contribution is 0.0725. The van der Waals surface area contributed by atoms with Crippen LogP contribution < -0.4 is 10.3 Å². The molecule has 0 unspecified atom stereocenters. The van der Waals surface area contributed by atoms with Gasteiger partial charge in [0.1, 0.15) is 5.75 Å². The Morgan fingerprint density at radius 1 is 1.27 bits per heavy atom. The summed E-state index contributed by atoms with van der Waals surface area (Å²) in [5, 5.41) is 0. The minimum absolute atomic E-state index is 0.154. The van der Waals surface area contributed by atoms with Crippen molar-refractivity contribution in [2.24, 2.45) is 0 Å². The SMILES string of the molecule is COc1ccc(-c2cc(=O)[nH]c(=S)n2CCOC(C)C)cc1. The Morgan fingerprint density at radius 2 is 1.95 bits per heavy atom. The zero-order chi connectivity index (χ0) is 16.1. The summed E-state index contributed by atoms with van der Waals surface area (Å²) in [6, 6.07) is 9.07. The first-order valence-corrected chi connectivity index (χ1v) is 7.52. The highest BCUT2D eigenvalue weighted by Gasteiger charge is 2.07. The number of methoxy groups -OCH3 is 1. The van der Waals surface area contributed by atoms with Gasteiger partial charge in [0.25, 0.3) is 5.56 Å². The topological polar surface area (TPSA) is 56.2 Å². The predicted molar refractivity (Wildman–Crippen MR) is 89.0 cm³/mol. The highest BCUT2D eigenvalue weighted by atomic mass is 32.1. The van der Waals surface area contributed by atoms with Crippen LogP contribution in [0.4, 0.5) is 0 Å². The fourth-order valence-corrected chi connectivity index (χ4v) is 2.41. The average Bonchev–Trinajstić information content (AvgIpc) is 2.49. The van der Waals surface area contributed by atoms with Crippen molar-refractivity contribution in [3.05, 3.63) is 45.5 Å². The number of nitrogens with zero attached hydrogens (tertiary/aromatic N) is 1. The van der Waals surface area contributed by atoms with E-state index in [-0.39, 0.29) is 11.7 Å². The van der Waals surface area contributed by atoms with E-state index in [4.69, 9.17) is 21.7 Å². The number of ether oxygens (including phenoxy) is 2. The van der Waals surface area contributed by atoms with Gasteiger partial charge in [-0.15, -0.1) is 0 Å². The van der Waals surface area contributed by atoms with Gasteiger partial charge in [-0.25, -0.2) is 0 Å². The number of aromatic nitrogens is 2. The summed E-state index contributed by atoms with van der Waals surface area (Å²) in [7, 11) is 1.62. The van der Waals surface area contributed by atoms with Gasteiger partial charge in [0.2, 0.25) is 0 Å². The molecule has 1 heterocycles. The van der Waals surface area contributed by atoms with E-state index in [1.54, 1.807) is 13.2 Å². The minimum Gasteiger partial charge on any atom is -0.497 e. The number of hydrogen-bond acceptors (Lipinski definition) is 4. The number of aromatic amines is 1. The first-order chi connectivity index (χ1) is 10.5. The highest BCUT2D eigenvalue weighted by Crippen LogP contribution is 2.21. The Hall–Kier alpha value is -1.92. The molecule has 0 aliphatic heterocycles. The lowest BCUT2D eigenvalue weighted by Crippen LogP contribution is -2.18. The molecular weight excluding hydrogens is 300 g/mol. The lowest BCUT2D eigenvalue weighted by atomic mass is 10.1. The minimum atomic E-state index is -0.211. The summed E-state index contributed by atoms with van der Waals surface area (Å²) in [4.78, 5) is 14.4. The Labute approximate surface area is 134 Å². The molecule has 0 spiro atoms. The van der Waals surface area contributed by atoms with E-state index in [9.17, 15) is 4.79 Å². The second-order valence-electron chi connectivity index (χ2n) is 5.12. The van der Waals surface area contributed by atoms with Crippen molar-refractivity contribution in [2.45, 2.75) is 26.5 Å². The number of rotatable bonds is 6. The third kappa shape index (κ3) is 4.05. The van der Waals surface area contributed by atoms with Gasteiger partial charge in [0.05, 0.1) is 25.5 Å². The Morgan fingerprint density at radius 3 is 2.55 bits per heavy atom. The van der Waals surface area contributed by atoms with Crippen LogP contribution >= 0.6 is 12.2 Å². The van der Waals surface area contributed by atoms with Crippen molar-refractivity contribution < 1.29 is 9.47 Å². The number of benzene rings is 1. The van der Waals surface area contributed by atoms with Gasteiger partial charge in [-0.05, 0) is 55.9 Å². The molecular formula is C16H20N2O3S. The van der Waals surface area contributed by atoms with Crippen LogP contribution in [0.1, 0.15) is 13.8 Å². The van der Waals surface area contributed by atoms with Crippen molar-refractivity contribution in [1.82, 2.24) is 9.55 Å². The molecule has 0 saturated heterocycles. The summed E-state index contributed by atoms with van der Waals surface area (Å²) in [5.41, 5.74) is 1.46. The quantitative estimate of drug-likeness (QED) is 0.831. The molecule has 118 valence electrons. The second-order valence-corrected chi connectivity index (χ2v) is 5.51. The zero-order valence-electron chi connectivity index (χ0n) is 13.0. The van der Waals surface area contributed by atoms with E-state index in [0.717, 1.165) is 17.0 Å². The Bertz CT molecular complexity index is 732.